The van der Waals surface area contributed by atoms with Gasteiger partial charge in [-0.3, -0.25) is 0 Å². The van der Waals surface area contributed by atoms with E-state index in [1.165, 1.54) is 18.5 Å². The second-order valence-electron chi connectivity index (χ2n) is 4.00. The van der Waals surface area contributed by atoms with E-state index in [-0.39, 0.29) is 0 Å². The third-order valence-electron chi connectivity index (χ3n) is 2.74. The molecule has 2 heterocycles. The van der Waals surface area contributed by atoms with Gasteiger partial charge >= 0.3 is 0 Å². The Morgan fingerprint density at radius 3 is 2.93 bits per heavy atom. The van der Waals surface area contributed by atoms with E-state index in [9.17, 15) is 0 Å². The lowest BCUT2D eigenvalue weighted by atomic mass is 10.2. The van der Waals surface area contributed by atoms with Crippen molar-refractivity contribution in [2.75, 3.05) is 0 Å². The number of halogens is 1. The van der Waals surface area contributed by atoms with Crippen LogP contribution in [0.25, 0.3) is 0 Å². The van der Waals surface area contributed by atoms with Crippen molar-refractivity contribution < 1.29 is 0 Å². The zero-order valence-electron chi connectivity index (χ0n) is 7.79. The Bertz CT molecular complexity index is 377. The Labute approximate surface area is 92.5 Å². The molecular weight excluding hydrogens is 216 g/mol. The molecule has 1 aliphatic heterocycles. The molecule has 1 fully saturated rings. The molecule has 0 bridgehead atoms. The molecule has 0 spiro atoms. The molecule has 0 amide bonds. The summed E-state index contributed by atoms with van der Waals surface area (Å²) in [6.45, 7) is 0. The highest BCUT2D eigenvalue weighted by atomic mass is 35.5. The number of aromatic nitrogens is 2. The van der Waals surface area contributed by atoms with Crippen LogP contribution in [0.15, 0.2) is 0 Å². The van der Waals surface area contributed by atoms with Gasteiger partial charge in [-0.15, -0.1) is 0 Å². The van der Waals surface area contributed by atoms with E-state index in [0.29, 0.717) is 5.15 Å². The Morgan fingerprint density at radius 2 is 2.14 bits per heavy atom. The van der Waals surface area contributed by atoms with E-state index >= 15 is 0 Å². The largest absolute Gasteiger partial charge is 0.237 e. The van der Waals surface area contributed by atoms with Crippen LogP contribution in [0, 0.1) is 5.92 Å². The van der Waals surface area contributed by atoms with Crippen molar-refractivity contribution in [3.05, 3.63) is 22.2 Å². The zero-order chi connectivity index (χ0) is 9.54. The van der Waals surface area contributed by atoms with Gasteiger partial charge in [0.1, 0.15) is 11.0 Å². The molecule has 0 unspecified atom stereocenters. The van der Waals surface area contributed by atoms with Gasteiger partial charge in [-0.05, 0) is 18.8 Å². The first-order valence-corrected chi connectivity index (χ1v) is 6.48. The normalized spacial score (nSPS) is 19.8. The molecule has 0 radical (unpaired) electrons. The number of nitrogens with zero attached hydrogens (tertiary/aromatic N) is 2. The summed E-state index contributed by atoms with van der Waals surface area (Å²) in [5, 5.41) is 0.690. The summed E-state index contributed by atoms with van der Waals surface area (Å²) in [5.74, 6) is 3.78. The van der Waals surface area contributed by atoms with Crippen LogP contribution in [0.5, 0.6) is 0 Å². The van der Waals surface area contributed by atoms with Crippen molar-refractivity contribution in [1.82, 2.24) is 9.97 Å². The fourth-order valence-electron chi connectivity index (χ4n) is 1.73. The first-order valence-electron chi connectivity index (χ1n) is 4.95. The Balaban J connectivity index is 1.94. The summed E-state index contributed by atoms with van der Waals surface area (Å²) in [5.41, 5.74) is 2.34. The van der Waals surface area contributed by atoms with Gasteiger partial charge in [0.25, 0.3) is 0 Å². The Kier molecular flexibility index (Phi) is 2.17. The van der Waals surface area contributed by atoms with Crippen molar-refractivity contribution in [3.63, 3.8) is 0 Å². The molecule has 1 aliphatic carbocycles. The molecule has 1 aromatic heterocycles. The second kappa shape index (κ2) is 3.38. The van der Waals surface area contributed by atoms with E-state index < -0.39 is 0 Å². The average molecular weight is 227 g/mol. The van der Waals surface area contributed by atoms with Crippen LogP contribution in [-0.4, -0.2) is 9.97 Å². The molecule has 3 rings (SSSR count). The topological polar surface area (TPSA) is 25.8 Å². The van der Waals surface area contributed by atoms with Crippen molar-refractivity contribution in [2.45, 2.75) is 30.8 Å². The van der Waals surface area contributed by atoms with Crippen molar-refractivity contribution in [3.8, 4) is 0 Å². The Hall–Kier alpha value is -0.280. The first kappa shape index (κ1) is 8.98. The summed E-state index contributed by atoms with van der Waals surface area (Å²) >= 11 is 7.99. The summed E-state index contributed by atoms with van der Waals surface area (Å²) < 4.78 is 0. The van der Waals surface area contributed by atoms with Gasteiger partial charge in [0, 0.05) is 23.5 Å². The predicted molar refractivity (Wildman–Crippen MR) is 58.5 cm³/mol. The van der Waals surface area contributed by atoms with Gasteiger partial charge in [0.2, 0.25) is 0 Å². The van der Waals surface area contributed by atoms with Crippen molar-refractivity contribution in [1.29, 1.82) is 0 Å². The van der Waals surface area contributed by atoms with E-state index in [0.717, 1.165) is 35.2 Å². The van der Waals surface area contributed by atoms with Crippen LogP contribution < -0.4 is 0 Å². The molecule has 2 aliphatic rings. The second-order valence-corrected chi connectivity index (χ2v) is 5.34. The molecule has 74 valence electrons. The number of fused-ring (bicyclic) bond motifs is 1. The minimum atomic E-state index is 0.690. The average Bonchev–Trinajstić information content (AvgIpc) is 2.82. The van der Waals surface area contributed by atoms with Crippen molar-refractivity contribution >= 4 is 23.4 Å². The molecular formula is C10H11ClN2S. The molecule has 14 heavy (non-hydrogen) atoms. The maximum Gasteiger partial charge on any atom is 0.137 e. The lowest BCUT2D eigenvalue weighted by Gasteiger charge is -2.03. The van der Waals surface area contributed by atoms with Gasteiger partial charge in [0.15, 0.2) is 0 Å². The van der Waals surface area contributed by atoms with Gasteiger partial charge in [-0.1, -0.05) is 11.6 Å². The van der Waals surface area contributed by atoms with Gasteiger partial charge in [0.05, 0.1) is 5.69 Å². The quantitative estimate of drug-likeness (QED) is 0.726. The van der Waals surface area contributed by atoms with Crippen LogP contribution in [-0.2, 0) is 17.9 Å². The summed E-state index contributed by atoms with van der Waals surface area (Å²) in [7, 11) is 0. The fourth-order valence-corrected chi connectivity index (χ4v) is 3.13. The van der Waals surface area contributed by atoms with E-state index in [1.807, 2.05) is 11.8 Å². The minimum absolute atomic E-state index is 0.690. The highest BCUT2D eigenvalue weighted by Gasteiger charge is 2.25. The van der Waals surface area contributed by atoms with Gasteiger partial charge in [-0.2, -0.15) is 11.8 Å². The monoisotopic (exact) mass is 226 g/mol. The minimum Gasteiger partial charge on any atom is -0.237 e. The van der Waals surface area contributed by atoms with Crippen LogP contribution >= 0.6 is 23.4 Å². The third kappa shape index (κ3) is 1.63. The van der Waals surface area contributed by atoms with E-state index in [1.54, 1.807) is 0 Å². The zero-order valence-corrected chi connectivity index (χ0v) is 9.37. The summed E-state index contributed by atoms with van der Waals surface area (Å²) in [4.78, 5) is 8.94. The fraction of sp³-hybridized carbons (Fsp3) is 0.600. The molecule has 1 saturated carbocycles. The maximum absolute atomic E-state index is 6.11. The highest BCUT2D eigenvalue weighted by molar-refractivity contribution is 7.98. The molecule has 0 N–H and O–H groups in total. The van der Waals surface area contributed by atoms with Crippen LogP contribution in [0.4, 0.5) is 0 Å². The van der Waals surface area contributed by atoms with Crippen molar-refractivity contribution in [2.24, 2.45) is 5.92 Å². The lowest BCUT2D eigenvalue weighted by Crippen LogP contribution is -2.02. The van der Waals surface area contributed by atoms with Crippen LogP contribution in [0.2, 0.25) is 5.15 Å². The lowest BCUT2D eigenvalue weighted by molar-refractivity contribution is 0.761. The molecule has 2 nitrogen and oxygen atoms in total. The van der Waals surface area contributed by atoms with Crippen LogP contribution in [0.1, 0.15) is 29.9 Å². The van der Waals surface area contributed by atoms with E-state index in [4.69, 9.17) is 11.6 Å². The standard InChI is InChI=1S/C10H11ClN2S/c11-10-7-4-14-5-8(7)12-9(13-10)3-6-1-2-6/h6H,1-5H2. The Morgan fingerprint density at radius 1 is 1.29 bits per heavy atom. The molecule has 0 atom stereocenters. The molecule has 4 heteroatoms. The third-order valence-corrected chi connectivity index (χ3v) is 4.02. The number of thioether (sulfide) groups is 1. The van der Waals surface area contributed by atoms with Gasteiger partial charge in [-0.25, -0.2) is 9.97 Å². The first-order chi connectivity index (χ1) is 6.83. The van der Waals surface area contributed by atoms with Gasteiger partial charge < -0.3 is 0 Å². The molecule has 0 saturated heterocycles. The maximum atomic E-state index is 6.11. The smallest absolute Gasteiger partial charge is 0.137 e. The number of hydrogen-bond donors (Lipinski definition) is 0. The molecule has 1 aromatic rings. The SMILES string of the molecule is Clc1nc(CC2CC2)nc2c1CSC2. The highest BCUT2D eigenvalue weighted by Crippen LogP contribution is 2.35. The summed E-state index contributed by atoms with van der Waals surface area (Å²) in [6, 6.07) is 0. The van der Waals surface area contributed by atoms with E-state index in [2.05, 4.69) is 9.97 Å². The number of hydrogen-bond acceptors (Lipinski definition) is 3. The number of rotatable bonds is 2. The van der Waals surface area contributed by atoms with Crippen LogP contribution in [0.3, 0.4) is 0 Å². The predicted octanol–water partition coefficient (Wildman–Crippen LogP) is 2.83. The molecule has 0 aromatic carbocycles. The summed E-state index contributed by atoms with van der Waals surface area (Å²) in [6.07, 6.45) is 3.71.